The number of hydrazine groups is 1. The zero-order valence-corrected chi connectivity index (χ0v) is 12.1. The van der Waals surface area contributed by atoms with Crippen LogP contribution in [0.5, 0.6) is 0 Å². The Morgan fingerprint density at radius 1 is 1.65 bits per heavy atom. The van der Waals surface area contributed by atoms with Crippen molar-refractivity contribution in [3.8, 4) is 0 Å². The molecule has 6 nitrogen and oxygen atoms in total. The molecule has 0 aromatic carbocycles. The number of nitrogens with zero attached hydrogens (tertiary/aromatic N) is 2. The van der Waals surface area contributed by atoms with Crippen LogP contribution in [0.4, 0.5) is 11.8 Å². The van der Waals surface area contributed by atoms with Gasteiger partial charge in [0, 0.05) is 18.5 Å². The molecule has 5 N–H and O–H groups in total. The number of anilines is 2. The molecule has 0 saturated carbocycles. The third-order valence-electron chi connectivity index (χ3n) is 1.97. The molecule has 0 amide bonds. The van der Waals surface area contributed by atoms with Crippen LogP contribution in [-0.4, -0.2) is 39.2 Å². The Morgan fingerprint density at radius 2 is 2.35 bits per heavy atom. The van der Waals surface area contributed by atoms with Crippen LogP contribution in [0.15, 0.2) is 10.7 Å². The van der Waals surface area contributed by atoms with Gasteiger partial charge < -0.3 is 10.4 Å². The second-order valence-corrected chi connectivity index (χ2v) is 5.54. The first-order valence-corrected chi connectivity index (χ1v) is 7.11. The van der Waals surface area contributed by atoms with Crippen molar-refractivity contribution in [1.29, 1.82) is 0 Å². The van der Waals surface area contributed by atoms with Gasteiger partial charge in [-0.1, -0.05) is 0 Å². The van der Waals surface area contributed by atoms with Gasteiger partial charge in [-0.25, -0.2) is 10.8 Å². The molecule has 0 saturated heterocycles. The van der Waals surface area contributed by atoms with Crippen LogP contribution in [-0.2, 0) is 0 Å². The van der Waals surface area contributed by atoms with Gasteiger partial charge in [-0.2, -0.15) is 16.7 Å². The normalized spacial score (nSPS) is 14.2. The lowest BCUT2D eigenvalue weighted by Crippen LogP contribution is -2.36. The SMILES string of the molecule is CSCC(C)(O)CNc1nc(NN)ncc1Br. The minimum absolute atomic E-state index is 0.320. The van der Waals surface area contributed by atoms with E-state index in [9.17, 15) is 5.11 Å². The van der Waals surface area contributed by atoms with Gasteiger partial charge in [-0.05, 0) is 29.1 Å². The van der Waals surface area contributed by atoms with E-state index < -0.39 is 5.60 Å². The third-order valence-corrected chi connectivity index (χ3v) is 3.46. The maximum Gasteiger partial charge on any atom is 0.239 e. The van der Waals surface area contributed by atoms with Crippen LogP contribution in [0.25, 0.3) is 0 Å². The standard InChI is InChI=1S/C9H16BrN5OS/c1-9(16,5-17-2)4-13-7-6(10)3-12-8(14-7)15-11/h3,16H,4-5,11H2,1-2H3,(H2,12,13,14,15). The Hall–Kier alpha value is -0.570. The predicted molar refractivity (Wildman–Crippen MR) is 75.0 cm³/mol. The number of aliphatic hydroxyl groups is 1. The summed E-state index contributed by atoms with van der Waals surface area (Å²) in [6, 6.07) is 0. The largest absolute Gasteiger partial charge is 0.387 e. The summed E-state index contributed by atoms with van der Waals surface area (Å²) < 4.78 is 0.719. The molecule has 17 heavy (non-hydrogen) atoms. The van der Waals surface area contributed by atoms with Crippen molar-refractivity contribution in [2.45, 2.75) is 12.5 Å². The molecule has 1 atom stereocenters. The van der Waals surface area contributed by atoms with Gasteiger partial charge in [-0.15, -0.1) is 0 Å². The average molecular weight is 322 g/mol. The van der Waals surface area contributed by atoms with Gasteiger partial charge in [0.25, 0.3) is 0 Å². The van der Waals surface area contributed by atoms with Crippen LogP contribution < -0.4 is 16.6 Å². The summed E-state index contributed by atoms with van der Waals surface area (Å²) in [6.45, 7) is 2.17. The van der Waals surface area contributed by atoms with E-state index in [1.54, 1.807) is 24.9 Å². The smallest absolute Gasteiger partial charge is 0.239 e. The fourth-order valence-electron chi connectivity index (χ4n) is 1.20. The van der Waals surface area contributed by atoms with Crippen LogP contribution in [0.2, 0.25) is 0 Å². The monoisotopic (exact) mass is 321 g/mol. The molecule has 96 valence electrons. The zero-order valence-electron chi connectivity index (χ0n) is 9.70. The molecule has 1 aromatic rings. The van der Waals surface area contributed by atoms with Gasteiger partial charge in [0.15, 0.2) is 0 Å². The van der Waals surface area contributed by atoms with Crippen LogP contribution >= 0.6 is 27.7 Å². The van der Waals surface area contributed by atoms with Crippen LogP contribution in [0.1, 0.15) is 6.92 Å². The number of halogens is 1. The van der Waals surface area contributed by atoms with Crippen molar-refractivity contribution in [3.05, 3.63) is 10.7 Å². The van der Waals surface area contributed by atoms with E-state index >= 15 is 0 Å². The fourth-order valence-corrected chi connectivity index (χ4v) is 2.25. The van der Waals surface area contributed by atoms with E-state index in [0.29, 0.717) is 24.1 Å². The van der Waals surface area contributed by atoms with Crippen molar-refractivity contribution in [2.24, 2.45) is 5.84 Å². The number of nitrogen functional groups attached to an aromatic ring is 1. The van der Waals surface area contributed by atoms with Crippen molar-refractivity contribution < 1.29 is 5.11 Å². The summed E-state index contributed by atoms with van der Waals surface area (Å²) in [7, 11) is 0. The molecule has 0 fully saturated rings. The molecule has 0 radical (unpaired) electrons. The first kappa shape index (κ1) is 14.5. The second-order valence-electron chi connectivity index (χ2n) is 3.82. The Morgan fingerprint density at radius 3 is 2.94 bits per heavy atom. The topological polar surface area (TPSA) is 96.1 Å². The highest BCUT2D eigenvalue weighted by Gasteiger charge is 2.20. The minimum atomic E-state index is -0.792. The Kier molecular flexibility index (Phi) is 5.44. The van der Waals surface area contributed by atoms with Crippen LogP contribution in [0.3, 0.4) is 0 Å². The van der Waals surface area contributed by atoms with Crippen molar-refractivity contribution in [1.82, 2.24) is 9.97 Å². The molecule has 0 spiro atoms. The van der Waals surface area contributed by atoms with E-state index in [0.717, 1.165) is 4.47 Å². The first-order valence-electron chi connectivity index (χ1n) is 4.93. The van der Waals surface area contributed by atoms with Gasteiger partial charge in [-0.3, -0.25) is 5.43 Å². The number of thioether (sulfide) groups is 1. The number of nitrogens with two attached hydrogens (primary N) is 1. The van der Waals surface area contributed by atoms with E-state index in [1.165, 1.54) is 0 Å². The lowest BCUT2D eigenvalue weighted by molar-refractivity contribution is 0.0996. The molecule has 0 aliphatic heterocycles. The molecule has 8 heteroatoms. The maximum atomic E-state index is 10.0. The molecule has 1 aromatic heterocycles. The minimum Gasteiger partial charge on any atom is -0.387 e. The van der Waals surface area contributed by atoms with E-state index in [1.807, 2.05) is 6.26 Å². The number of rotatable bonds is 6. The van der Waals surface area contributed by atoms with Gasteiger partial charge in [0.05, 0.1) is 10.1 Å². The number of nitrogens with one attached hydrogen (secondary N) is 2. The van der Waals surface area contributed by atoms with Crippen molar-refractivity contribution in [2.75, 3.05) is 29.3 Å². The van der Waals surface area contributed by atoms with Crippen LogP contribution in [0, 0.1) is 0 Å². The molecule has 1 unspecified atom stereocenters. The van der Waals surface area contributed by atoms with E-state index in [4.69, 9.17) is 5.84 Å². The lowest BCUT2D eigenvalue weighted by Gasteiger charge is -2.23. The summed E-state index contributed by atoms with van der Waals surface area (Å²) in [4.78, 5) is 8.07. The van der Waals surface area contributed by atoms with Gasteiger partial charge >= 0.3 is 0 Å². The number of hydrogen-bond acceptors (Lipinski definition) is 7. The number of hydrogen-bond donors (Lipinski definition) is 4. The highest BCUT2D eigenvalue weighted by atomic mass is 79.9. The van der Waals surface area contributed by atoms with Gasteiger partial charge in [0.1, 0.15) is 5.82 Å². The first-order chi connectivity index (χ1) is 7.98. The average Bonchev–Trinajstić information content (AvgIpc) is 2.28. The molecule has 1 heterocycles. The molecular formula is C9H16BrN5OS. The Bertz CT molecular complexity index is 376. The Labute approximate surface area is 113 Å². The summed E-state index contributed by atoms with van der Waals surface area (Å²) in [5.41, 5.74) is 1.58. The summed E-state index contributed by atoms with van der Waals surface area (Å²) in [5, 5.41) is 13.1. The second kappa shape index (κ2) is 6.39. The molecule has 0 aliphatic rings. The van der Waals surface area contributed by atoms with Crippen molar-refractivity contribution >= 4 is 39.5 Å². The molecule has 0 aliphatic carbocycles. The zero-order chi connectivity index (χ0) is 12.9. The summed E-state index contributed by atoms with van der Waals surface area (Å²) >= 11 is 4.91. The Balaban J connectivity index is 2.68. The predicted octanol–water partition coefficient (Wildman–Crippen LogP) is 1.05. The maximum absolute atomic E-state index is 10.0. The van der Waals surface area contributed by atoms with E-state index in [-0.39, 0.29) is 0 Å². The van der Waals surface area contributed by atoms with E-state index in [2.05, 4.69) is 36.6 Å². The molecular weight excluding hydrogens is 306 g/mol. The third kappa shape index (κ3) is 4.66. The van der Waals surface area contributed by atoms with Crippen molar-refractivity contribution in [3.63, 3.8) is 0 Å². The van der Waals surface area contributed by atoms with Gasteiger partial charge in [0.2, 0.25) is 5.95 Å². The lowest BCUT2D eigenvalue weighted by atomic mass is 10.1. The number of aromatic nitrogens is 2. The quantitative estimate of drug-likeness (QED) is 0.459. The fraction of sp³-hybridized carbons (Fsp3) is 0.556. The summed E-state index contributed by atoms with van der Waals surface area (Å²) in [5.74, 6) is 6.78. The molecule has 1 rings (SSSR count). The highest BCUT2D eigenvalue weighted by molar-refractivity contribution is 9.10. The summed E-state index contributed by atoms with van der Waals surface area (Å²) in [6.07, 6.45) is 3.54. The highest BCUT2D eigenvalue weighted by Crippen LogP contribution is 2.21. The molecule has 0 bridgehead atoms.